The van der Waals surface area contributed by atoms with E-state index < -0.39 is 12.1 Å². The van der Waals surface area contributed by atoms with Crippen LogP contribution >= 0.6 is 0 Å². The Hall–Kier alpha value is -3.18. The van der Waals surface area contributed by atoms with E-state index in [1.54, 1.807) is 4.90 Å². The number of carbonyl (C=O) groups excluding carboxylic acids is 2. The summed E-state index contributed by atoms with van der Waals surface area (Å²) in [5.74, 6) is -0.623. The first kappa shape index (κ1) is 19.2. The zero-order chi connectivity index (χ0) is 20.1. The van der Waals surface area contributed by atoms with Crippen LogP contribution in [0.25, 0.3) is 10.8 Å². The highest BCUT2D eigenvalue weighted by Gasteiger charge is 2.30. The standard InChI is InChI=1S/C24H23NO4/c26-22(17-20-11-6-10-18-7-4-5-12-21(18)20)29-23(19-8-2-1-3-9-19)24(27)25-13-15-28-16-14-25/h1-12,23H,13-17H2/t23-/m0/s1. The SMILES string of the molecule is O=C(Cc1cccc2ccccc12)O[C@H](C(=O)N1CCOCC1)c1ccccc1. The maximum atomic E-state index is 13.1. The van der Waals surface area contributed by atoms with Crippen LogP contribution in [0.15, 0.2) is 72.8 Å². The molecular formula is C24H23NO4. The van der Waals surface area contributed by atoms with E-state index in [4.69, 9.17) is 9.47 Å². The van der Waals surface area contributed by atoms with Crippen LogP contribution in [0.2, 0.25) is 0 Å². The van der Waals surface area contributed by atoms with E-state index in [0.29, 0.717) is 31.9 Å². The van der Waals surface area contributed by atoms with E-state index in [0.717, 1.165) is 16.3 Å². The van der Waals surface area contributed by atoms with Crippen LogP contribution in [0.1, 0.15) is 17.2 Å². The summed E-state index contributed by atoms with van der Waals surface area (Å²) >= 11 is 0. The third kappa shape index (κ3) is 4.46. The van der Waals surface area contributed by atoms with Crippen LogP contribution in [0.5, 0.6) is 0 Å². The van der Waals surface area contributed by atoms with Crippen molar-refractivity contribution < 1.29 is 19.1 Å². The number of amides is 1. The van der Waals surface area contributed by atoms with Crippen LogP contribution in [0.4, 0.5) is 0 Å². The highest BCUT2D eigenvalue weighted by molar-refractivity contribution is 5.90. The van der Waals surface area contributed by atoms with E-state index >= 15 is 0 Å². The molecule has 0 N–H and O–H groups in total. The lowest BCUT2D eigenvalue weighted by molar-refractivity contribution is -0.162. The van der Waals surface area contributed by atoms with Crippen molar-refractivity contribution in [3.63, 3.8) is 0 Å². The molecule has 29 heavy (non-hydrogen) atoms. The van der Waals surface area contributed by atoms with Crippen molar-refractivity contribution in [2.75, 3.05) is 26.3 Å². The Morgan fingerprint density at radius 1 is 0.897 bits per heavy atom. The number of fused-ring (bicyclic) bond motifs is 1. The van der Waals surface area contributed by atoms with Gasteiger partial charge < -0.3 is 14.4 Å². The summed E-state index contributed by atoms with van der Waals surface area (Å²) in [5.41, 5.74) is 1.56. The summed E-state index contributed by atoms with van der Waals surface area (Å²) in [6.07, 6.45) is -0.835. The zero-order valence-electron chi connectivity index (χ0n) is 16.1. The number of hydrogen-bond donors (Lipinski definition) is 0. The molecule has 1 atom stereocenters. The number of morpholine rings is 1. The Morgan fingerprint density at radius 3 is 2.38 bits per heavy atom. The van der Waals surface area contributed by atoms with Gasteiger partial charge in [-0.2, -0.15) is 0 Å². The topological polar surface area (TPSA) is 55.8 Å². The van der Waals surface area contributed by atoms with Crippen molar-refractivity contribution in [3.05, 3.63) is 83.9 Å². The molecule has 3 aromatic carbocycles. The summed E-state index contributed by atoms with van der Waals surface area (Å²) < 4.78 is 11.1. The molecule has 1 aliphatic rings. The van der Waals surface area contributed by atoms with Gasteiger partial charge in [-0.05, 0) is 16.3 Å². The highest BCUT2D eigenvalue weighted by Crippen LogP contribution is 2.24. The summed E-state index contributed by atoms with van der Waals surface area (Å²) in [4.78, 5) is 27.6. The van der Waals surface area contributed by atoms with Crippen LogP contribution in [-0.2, 0) is 25.5 Å². The second kappa shape index (κ2) is 8.88. The number of hydrogen-bond acceptors (Lipinski definition) is 4. The fourth-order valence-corrected chi connectivity index (χ4v) is 3.61. The summed E-state index contributed by atoms with van der Waals surface area (Å²) in [6.45, 7) is 2.00. The molecule has 0 aliphatic carbocycles. The molecule has 0 aromatic heterocycles. The molecule has 1 aliphatic heterocycles. The summed E-state index contributed by atoms with van der Waals surface area (Å²) in [6, 6.07) is 23.0. The molecule has 3 aromatic rings. The molecule has 5 heteroatoms. The van der Waals surface area contributed by atoms with E-state index in [9.17, 15) is 9.59 Å². The fraction of sp³-hybridized carbons (Fsp3) is 0.250. The first-order valence-corrected chi connectivity index (χ1v) is 9.80. The summed E-state index contributed by atoms with van der Waals surface area (Å²) in [5, 5.41) is 2.09. The lowest BCUT2D eigenvalue weighted by Crippen LogP contribution is -2.44. The van der Waals surface area contributed by atoms with E-state index in [2.05, 4.69) is 0 Å². The lowest BCUT2D eigenvalue weighted by Gasteiger charge is -2.30. The van der Waals surface area contributed by atoms with Crippen LogP contribution in [-0.4, -0.2) is 43.1 Å². The Morgan fingerprint density at radius 2 is 1.59 bits per heavy atom. The second-order valence-electron chi connectivity index (χ2n) is 7.03. The first-order chi connectivity index (χ1) is 14.2. The molecule has 1 saturated heterocycles. The highest BCUT2D eigenvalue weighted by atomic mass is 16.5. The van der Waals surface area contributed by atoms with Gasteiger partial charge in [0.05, 0.1) is 19.6 Å². The molecule has 148 valence electrons. The minimum Gasteiger partial charge on any atom is -0.447 e. The van der Waals surface area contributed by atoms with Gasteiger partial charge in [-0.3, -0.25) is 9.59 Å². The minimum atomic E-state index is -0.947. The van der Waals surface area contributed by atoms with Crippen molar-refractivity contribution >= 4 is 22.6 Å². The maximum absolute atomic E-state index is 13.1. The van der Waals surface area contributed by atoms with Crippen molar-refractivity contribution in [1.29, 1.82) is 0 Å². The number of carbonyl (C=O) groups is 2. The Bertz CT molecular complexity index is 991. The van der Waals surface area contributed by atoms with Crippen LogP contribution in [0.3, 0.4) is 0 Å². The molecule has 5 nitrogen and oxygen atoms in total. The van der Waals surface area contributed by atoms with Gasteiger partial charge in [0.15, 0.2) is 0 Å². The van der Waals surface area contributed by atoms with Gasteiger partial charge in [0.2, 0.25) is 6.10 Å². The normalized spacial score (nSPS) is 15.1. The van der Waals surface area contributed by atoms with Crippen LogP contribution in [0, 0.1) is 0 Å². The molecular weight excluding hydrogens is 366 g/mol. The molecule has 0 bridgehead atoms. The average Bonchev–Trinajstić information content (AvgIpc) is 2.78. The van der Waals surface area contributed by atoms with Crippen LogP contribution < -0.4 is 0 Å². The van der Waals surface area contributed by atoms with Crippen molar-refractivity contribution in [2.24, 2.45) is 0 Å². The van der Waals surface area contributed by atoms with Gasteiger partial charge in [0, 0.05) is 18.7 Å². The molecule has 1 fully saturated rings. The number of ether oxygens (including phenoxy) is 2. The zero-order valence-corrected chi connectivity index (χ0v) is 16.1. The number of benzene rings is 3. The largest absolute Gasteiger partial charge is 0.447 e. The third-order valence-corrected chi connectivity index (χ3v) is 5.11. The van der Waals surface area contributed by atoms with Gasteiger partial charge in [-0.25, -0.2) is 0 Å². The number of rotatable bonds is 5. The molecule has 1 heterocycles. The molecule has 0 radical (unpaired) electrons. The van der Waals surface area contributed by atoms with Gasteiger partial charge in [-0.1, -0.05) is 72.8 Å². The van der Waals surface area contributed by atoms with E-state index in [-0.39, 0.29) is 12.3 Å². The molecule has 1 amide bonds. The van der Waals surface area contributed by atoms with Gasteiger partial charge in [0.25, 0.3) is 5.91 Å². The summed E-state index contributed by atoms with van der Waals surface area (Å²) in [7, 11) is 0. The predicted molar refractivity (Wildman–Crippen MR) is 110 cm³/mol. The Kier molecular flexibility index (Phi) is 5.86. The van der Waals surface area contributed by atoms with Crippen molar-refractivity contribution in [3.8, 4) is 0 Å². The molecule has 0 spiro atoms. The number of esters is 1. The lowest BCUT2D eigenvalue weighted by atomic mass is 10.0. The predicted octanol–water partition coefficient (Wildman–Crippen LogP) is 3.53. The Balaban J connectivity index is 1.55. The molecule has 4 rings (SSSR count). The second-order valence-corrected chi connectivity index (χ2v) is 7.03. The van der Waals surface area contributed by atoms with Gasteiger partial charge in [0.1, 0.15) is 0 Å². The van der Waals surface area contributed by atoms with Gasteiger partial charge in [-0.15, -0.1) is 0 Å². The molecule has 0 unspecified atom stereocenters. The number of nitrogens with zero attached hydrogens (tertiary/aromatic N) is 1. The van der Waals surface area contributed by atoms with E-state index in [1.165, 1.54) is 0 Å². The Labute approximate surface area is 169 Å². The minimum absolute atomic E-state index is 0.112. The fourth-order valence-electron chi connectivity index (χ4n) is 3.61. The first-order valence-electron chi connectivity index (χ1n) is 9.80. The average molecular weight is 389 g/mol. The maximum Gasteiger partial charge on any atom is 0.311 e. The quantitative estimate of drug-likeness (QED) is 0.627. The smallest absolute Gasteiger partial charge is 0.311 e. The van der Waals surface area contributed by atoms with Crippen molar-refractivity contribution in [1.82, 2.24) is 4.90 Å². The molecule has 0 saturated carbocycles. The van der Waals surface area contributed by atoms with Gasteiger partial charge >= 0.3 is 5.97 Å². The monoisotopic (exact) mass is 389 g/mol. The van der Waals surface area contributed by atoms with E-state index in [1.807, 2.05) is 72.8 Å². The van der Waals surface area contributed by atoms with Crippen molar-refractivity contribution in [2.45, 2.75) is 12.5 Å². The third-order valence-electron chi connectivity index (χ3n) is 5.11.